The fourth-order valence-electron chi connectivity index (χ4n) is 2.71. The van der Waals surface area contributed by atoms with Gasteiger partial charge in [-0.2, -0.15) is 5.26 Å². The van der Waals surface area contributed by atoms with Crippen molar-refractivity contribution in [3.05, 3.63) is 28.8 Å². The number of hydrogen-bond acceptors (Lipinski definition) is 3. The highest BCUT2D eigenvalue weighted by Crippen LogP contribution is 2.34. The van der Waals surface area contributed by atoms with E-state index < -0.39 is 0 Å². The van der Waals surface area contributed by atoms with Crippen LogP contribution < -0.4 is 4.90 Å². The Labute approximate surface area is 130 Å². The number of anilines is 1. The highest BCUT2D eigenvalue weighted by molar-refractivity contribution is 6.32. The van der Waals surface area contributed by atoms with E-state index in [4.69, 9.17) is 27.9 Å². The molecule has 1 aromatic carbocycles. The molecule has 3 nitrogen and oxygen atoms in total. The van der Waals surface area contributed by atoms with Gasteiger partial charge >= 0.3 is 0 Å². The summed E-state index contributed by atoms with van der Waals surface area (Å²) in [5, 5.41) is 9.80. The summed E-state index contributed by atoms with van der Waals surface area (Å²) >= 11 is 12.4. The number of halogens is 2. The fourth-order valence-corrected chi connectivity index (χ4v) is 3.17. The Kier molecular flexibility index (Phi) is 5.15. The first-order valence-corrected chi connectivity index (χ1v) is 7.59. The minimum Gasteiger partial charge on any atom is -0.376 e. The Morgan fingerprint density at radius 3 is 2.85 bits per heavy atom. The van der Waals surface area contributed by atoms with Gasteiger partial charge in [-0.05, 0) is 26.0 Å². The van der Waals surface area contributed by atoms with E-state index in [1.165, 1.54) is 0 Å². The van der Waals surface area contributed by atoms with Crippen molar-refractivity contribution >= 4 is 28.9 Å². The molecule has 0 saturated carbocycles. The second-order valence-electron chi connectivity index (χ2n) is 4.99. The molecule has 0 N–H and O–H groups in total. The number of benzene rings is 1. The third-order valence-corrected chi connectivity index (χ3v) is 4.36. The lowest BCUT2D eigenvalue weighted by Gasteiger charge is -2.20. The zero-order valence-corrected chi connectivity index (χ0v) is 13.2. The molecule has 0 aromatic heterocycles. The lowest BCUT2D eigenvalue weighted by atomic mass is 10.0. The summed E-state index contributed by atoms with van der Waals surface area (Å²) in [5.74, 6) is 0.252. The van der Waals surface area contributed by atoms with Crippen LogP contribution in [0.2, 0.25) is 5.02 Å². The van der Waals surface area contributed by atoms with E-state index in [-0.39, 0.29) is 17.4 Å². The second kappa shape index (κ2) is 6.67. The van der Waals surface area contributed by atoms with Gasteiger partial charge in [0, 0.05) is 31.0 Å². The highest BCUT2D eigenvalue weighted by atomic mass is 35.5. The normalized spacial score (nSPS) is 23.6. The van der Waals surface area contributed by atoms with Gasteiger partial charge in [-0.3, -0.25) is 0 Å². The summed E-state index contributed by atoms with van der Waals surface area (Å²) in [5.41, 5.74) is 1.39. The Balaban J connectivity index is 2.27. The standard InChI is InChI=1S/C15H18Cl2N2O/c1-3-20-15-9-19(8-12(15)10(2)16)14-6-4-5-13(17)11(14)7-18/h4-6,10,12,15H,3,8-9H2,1-2H3. The first-order chi connectivity index (χ1) is 9.58. The lowest BCUT2D eigenvalue weighted by Crippen LogP contribution is -2.28. The molecule has 20 heavy (non-hydrogen) atoms. The summed E-state index contributed by atoms with van der Waals surface area (Å²) in [4.78, 5) is 2.15. The van der Waals surface area contributed by atoms with E-state index in [9.17, 15) is 5.26 Å². The minimum absolute atomic E-state index is 0.0290. The van der Waals surface area contributed by atoms with Crippen LogP contribution in [0.5, 0.6) is 0 Å². The van der Waals surface area contributed by atoms with Gasteiger partial charge in [-0.25, -0.2) is 0 Å². The smallest absolute Gasteiger partial charge is 0.103 e. The summed E-state index contributed by atoms with van der Waals surface area (Å²) < 4.78 is 5.79. The molecule has 1 saturated heterocycles. The number of rotatable bonds is 4. The molecule has 0 bridgehead atoms. The maximum Gasteiger partial charge on any atom is 0.103 e. The van der Waals surface area contributed by atoms with E-state index in [2.05, 4.69) is 11.0 Å². The summed E-state index contributed by atoms with van der Waals surface area (Å²) in [6.07, 6.45) is 0.0954. The topological polar surface area (TPSA) is 36.3 Å². The molecule has 2 rings (SSSR count). The average molecular weight is 313 g/mol. The van der Waals surface area contributed by atoms with Crippen molar-refractivity contribution in [2.45, 2.75) is 25.3 Å². The zero-order valence-electron chi connectivity index (χ0n) is 11.6. The van der Waals surface area contributed by atoms with Crippen LogP contribution in [0.15, 0.2) is 18.2 Å². The Morgan fingerprint density at radius 2 is 2.25 bits per heavy atom. The molecule has 1 heterocycles. The monoisotopic (exact) mass is 312 g/mol. The van der Waals surface area contributed by atoms with E-state index in [1.54, 1.807) is 6.07 Å². The molecular formula is C15H18Cl2N2O. The first-order valence-electron chi connectivity index (χ1n) is 6.77. The molecule has 5 heteroatoms. The van der Waals surface area contributed by atoms with Gasteiger partial charge in [0.25, 0.3) is 0 Å². The van der Waals surface area contributed by atoms with Crippen LogP contribution in [0.4, 0.5) is 5.69 Å². The van der Waals surface area contributed by atoms with E-state index in [1.807, 2.05) is 26.0 Å². The van der Waals surface area contributed by atoms with Crippen molar-refractivity contribution in [1.29, 1.82) is 5.26 Å². The SMILES string of the molecule is CCOC1CN(c2cccc(Cl)c2C#N)CC1C(C)Cl. The molecule has 3 unspecified atom stereocenters. The van der Waals surface area contributed by atoms with Gasteiger partial charge < -0.3 is 9.64 Å². The Morgan fingerprint density at radius 1 is 1.50 bits per heavy atom. The van der Waals surface area contributed by atoms with Crippen molar-refractivity contribution in [3.63, 3.8) is 0 Å². The molecule has 108 valence electrons. The predicted octanol–water partition coefficient (Wildman–Crippen LogP) is 3.68. The molecule has 1 fully saturated rings. The maximum atomic E-state index is 9.29. The number of ether oxygens (including phenoxy) is 1. The molecule has 1 aromatic rings. The van der Waals surface area contributed by atoms with Crippen molar-refractivity contribution < 1.29 is 4.74 Å². The van der Waals surface area contributed by atoms with Crippen molar-refractivity contribution in [2.24, 2.45) is 5.92 Å². The van der Waals surface area contributed by atoms with Crippen molar-refractivity contribution in [1.82, 2.24) is 0 Å². The average Bonchev–Trinajstić information content (AvgIpc) is 2.83. The summed E-state index contributed by atoms with van der Waals surface area (Å²) in [6, 6.07) is 7.71. The van der Waals surface area contributed by atoms with Crippen LogP contribution in [0, 0.1) is 17.2 Å². The summed E-state index contributed by atoms with van der Waals surface area (Å²) in [7, 11) is 0. The number of hydrogen-bond donors (Lipinski definition) is 0. The molecule has 0 amide bonds. The van der Waals surface area contributed by atoms with Gasteiger partial charge in [0.15, 0.2) is 0 Å². The van der Waals surface area contributed by atoms with Gasteiger partial charge in [-0.15, -0.1) is 11.6 Å². The Bertz CT molecular complexity index is 513. The number of nitrogens with zero attached hydrogens (tertiary/aromatic N) is 2. The van der Waals surface area contributed by atoms with Gasteiger partial charge in [0.1, 0.15) is 6.07 Å². The first kappa shape index (κ1) is 15.4. The zero-order chi connectivity index (χ0) is 14.7. The third-order valence-electron chi connectivity index (χ3n) is 3.72. The molecule has 1 aliphatic heterocycles. The van der Waals surface area contributed by atoms with E-state index in [0.29, 0.717) is 17.2 Å². The maximum absolute atomic E-state index is 9.29. The molecule has 0 aliphatic carbocycles. The van der Waals surface area contributed by atoms with E-state index in [0.717, 1.165) is 18.8 Å². The minimum atomic E-state index is 0.0290. The highest BCUT2D eigenvalue weighted by Gasteiger charge is 2.37. The van der Waals surface area contributed by atoms with Crippen LogP contribution in [-0.4, -0.2) is 31.2 Å². The summed E-state index contributed by atoms with van der Waals surface area (Å²) in [6.45, 7) is 6.16. The van der Waals surface area contributed by atoms with Crippen LogP contribution in [0.25, 0.3) is 0 Å². The van der Waals surface area contributed by atoms with Crippen LogP contribution in [0.1, 0.15) is 19.4 Å². The fraction of sp³-hybridized carbons (Fsp3) is 0.533. The van der Waals surface area contributed by atoms with Crippen LogP contribution in [0.3, 0.4) is 0 Å². The molecule has 3 atom stereocenters. The van der Waals surface area contributed by atoms with Crippen LogP contribution in [-0.2, 0) is 4.74 Å². The van der Waals surface area contributed by atoms with E-state index >= 15 is 0 Å². The molecular weight excluding hydrogens is 295 g/mol. The largest absolute Gasteiger partial charge is 0.376 e. The van der Waals surface area contributed by atoms with Crippen LogP contribution >= 0.6 is 23.2 Å². The van der Waals surface area contributed by atoms with Crippen molar-refractivity contribution in [2.75, 3.05) is 24.6 Å². The third kappa shape index (κ3) is 3.03. The lowest BCUT2D eigenvalue weighted by molar-refractivity contribution is 0.0474. The predicted molar refractivity (Wildman–Crippen MR) is 82.6 cm³/mol. The molecule has 0 spiro atoms. The Hall–Kier alpha value is -0.950. The molecule has 1 aliphatic rings. The number of nitriles is 1. The molecule has 0 radical (unpaired) electrons. The quantitative estimate of drug-likeness (QED) is 0.796. The van der Waals surface area contributed by atoms with Gasteiger partial charge in [0.05, 0.1) is 22.4 Å². The van der Waals surface area contributed by atoms with Gasteiger partial charge in [0.2, 0.25) is 0 Å². The van der Waals surface area contributed by atoms with Gasteiger partial charge in [-0.1, -0.05) is 17.7 Å². The van der Waals surface area contributed by atoms with Crippen molar-refractivity contribution in [3.8, 4) is 6.07 Å². The number of alkyl halides is 1. The second-order valence-corrected chi connectivity index (χ2v) is 6.08.